The highest BCUT2D eigenvalue weighted by Gasteiger charge is 2.20. The maximum absolute atomic E-state index is 4.53. The highest BCUT2D eigenvalue weighted by Crippen LogP contribution is 2.36. The van der Waals surface area contributed by atoms with Crippen molar-refractivity contribution >= 4 is 28.4 Å². The van der Waals surface area contributed by atoms with Crippen molar-refractivity contribution in [1.29, 1.82) is 0 Å². The zero-order valence-electron chi connectivity index (χ0n) is 12.2. The molecule has 0 bridgehead atoms. The van der Waals surface area contributed by atoms with Crippen LogP contribution in [0.3, 0.4) is 0 Å². The van der Waals surface area contributed by atoms with Gasteiger partial charge in [0, 0.05) is 36.3 Å². The van der Waals surface area contributed by atoms with Crippen molar-refractivity contribution in [3.8, 4) is 0 Å². The van der Waals surface area contributed by atoms with Crippen molar-refractivity contribution in [2.75, 3.05) is 7.05 Å². The molecule has 3 rings (SSSR count). The van der Waals surface area contributed by atoms with E-state index >= 15 is 0 Å². The van der Waals surface area contributed by atoms with Gasteiger partial charge in [0.25, 0.3) is 0 Å². The Kier molecular flexibility index (Phi) is 3.30. The number of fused-ring (bicyclic) bond motifs is 1. The second-order valence-electron chi connectivity index (χ2n) is 5.08. The Morgan fingerprint density at radius 1 is 1.15 bits per heavy atom. The van der Waals surface area contributed by atoms with Crippen LogP contribution in [0.5, 0.6) is 0 Å². The Morgan fingerprint density at radius 2 is 1.90 bits per heavy atom. The first kappa shape index (κ1) is 13.2. The fourth-order valence-corrected chi connectivity index (χ4v) is 3.35. The molecule has 0 radical (unpaired) electrons. The van der Waals surface area contributed by atoms with Crippen molar-refractivity contribution in [3.05, 3.63) is 41.1 Å². The van der Waals surface area contributed by atoms with Crippen LogP contribution in [-0.2, 0) is 7.05 Å². The summed E-state index contributed by atoms with van der Waals surface area (Å²) < 4.78 is 2.17. The molecule has 0 aliphatic carbocycles. The minimum absolute atomic E-state index is 0.0494. The number of aryl methyl sites for hydroxylation is 1. The summed E-state index contributed by atoms with van der Waals surface area (Å²) in [5.74, 6) is 0. The Labute approximate surface area is 123 Å². The van der Waals surface area contributed by atoms with E-state index in [9.17, 15) is 0 Å². The van der Waals surface area contributed by atoms with Crippen LogP contribution in [0.4, 0.5) is 5.69 Å². The van der Waals surface area contributed by atoms with Gasteiger partial charge in [-0.2, -0.15) is 10.2 Å². The Morgan fingerprint density at radius 3 is 2.60 bits per heavy atom. The molecule has 2 aromatic rings. The van der Waals surface area contributed by atoms with Gasteiger partial charge < -0.3 is 9.47 Å². The van der Waals surface area contributed by atoms with Gasteiger partial charge in [0.15, 0.2) is 5.50 Å². The number of benzene rings is 1. The van der Waals surface area contributed by atoms with Crippen LogP contribution in [0.15, 0.2) is 45.6 Å². The largest absolute Gasteiger partial charge is 0.348 e. The minimum Gasteiger partial charge on any atom is -0.348 e. The van der Waals surface area contributed by atoms with E-state index in [1.54, 1.807) is 11.8 Å². The molecule has 0 fully saturated rings. The standard InChI is InChI=1S/C15H18N4S/c1-10-9-18(3)15(20-10)17-16-14-11(2)19(4)13-8-6-5-7-12(13)14/h5-9,15H,1-4H3. The van der Waals surface area contributed by atoms with Crippen LogP contribution in [0.2, 0.25) is 0 Å². The minimum atomic E-state index is 0.0494. The fourth-order valence-electron chi connectivity index (χ4n) is 2.47. The van der Waals surface area contributed by atoms with E-state index in [0.717, 1.165) is 16.8 Å². The quantitative estimate of drug-likeness (QED) is 0.767. The summed E-state index contributed by atoms with van der Waals surface area (Å²) in [6.07, 6.45) is 2.10. The molecule has 1 unspecified atom stereocenters. The zero-order valence-corrected chi connectivity index (χ0v) is 13.0. The molecule has 104 valence electrons. The Balaban J connectivity index is 1.98. The summed E-state index contributed by atoms with van der Waals surface area (Å²) in [6.45, 7) is 4.18. The molecule has 1 aliphatic rings. The first-order chi connectivity index (χ1) is 9.58. The van der Waals surface area contributed by atoms with Gasteiger partial charge >= 0.3 is 0 Å². The Bertz CT molecular complexity index is 714. The predicted molar refractivity (Wildman–Crippen MR) is 85.1 cm³/mol. The monoisotopic (exact) mass is 286 g/mol. The van der Waals surface area contributed by atoms with Gasteiger partial charge in [0.1, 0.15) is 5.69 Å². The van der Waals surface area contributed by atoms with Crippen molar-refractivity contribution in [2.45, 2.75) is 19.3 Å². The zero-order chi connectivity index (χ0) is 14.3. The molecule has 5 heteroatoms. The number of nitrogens with zero attached hydrogens (tertiary/aromatic N) is 4. The molecule has 0 spiro atoms. The van der Waals surface area contributed by atoms with E-state index in [-0.39, 0.29) is 5.50 Å². The fraction of sp³-hybridized carbons (Fsp3) is 0.333. The van der Waals surface area contributed by atoms with Crippen LogP contribution >= 0.6 is 11.8 Å². The summed E-state index contributed by atoms with van der Waals surface area (Å²) >= 11 is 1.73. The molecule has 0 N–H and O–H groups in total. The molecule has 0 saturated carbocycles. The number of rotatable bonds is 2. The van der Waals surface area contributed by atoms with Crippen LogP contribution in [-0.4, -0.2) is 22.0 Å². The van der Waals surface area contributed by atoms with E-state index in [4.69, 9.17) is 0 Å². The predicted octanol–water partition coefficient (Wildman–Crippen LogP) is 4.39. The van der Waals surface area contributed by atoms with Crippen LogP contribution in [0, 0.1) is 6.92 Å². The van der Waals surface area contributed by atoms with E-state index in [2.05, 4.69) is 65.0 Å². The molecule has 0 amide bonds. The van der Waals surface area contributed by atoms with E-state index in [1.165, 1.54) is 10.4 Å². The number of para-hydroxylation sites is 1. The lowest BCUT2D eigenvalue weighted by Crippen LogP contribution is -2.16. The van der Waals surface area contributed by atoms with E-state index in [0.29, 0.717) is 0 Å². The highest BCUT2D eigenvalue weighted by atomic mass is 32.2. The number of hydrogen-bond acceptors (Lipinski definition) is 4. The van der Waals surface area contributed by atoms with E-state index < -0.39 is 0 Å². The average Bonchev–Trinajstić information content (AvgIpc) is 2.87. The number of thioether (sulfide) groups is 1. The first-order valence-electron chi connectivity index (χ1n) is 6.60. The summed E-state index contributed by atoms with van der Waals surface area (Å²) in [7, 11) is 4.10. The van der Waals surface area contributed by atoms with Gasteiger partial charge in [-0.3, -0.25) is 0 Å². The lowest BCUT2D eigenvalue weighted by Gasteiger charge is -2.13. The molecular formula is C15H18N4S. The normalized spacial score (nSPS) is 19.3. The van der Waals surface area contributed by atoms with Crippen molar-refractivity contribution in [2.24, 2.45) is 17.3 Å². The number of aromatic nitrogens is 1. The van der Waals surface area contributed by atoms with Crippen molar-refractivity contribution in [3.63, 3.8) is 0 Å². The molecule has 0 saturated heterocycles. The third kappa shape index (κ3) is 2.12. The van der Waals surface area contributed by atoms with Gasteiger partial charge in [0.2, 0.25) is 0 Å². The van der Waals surface area contributed by atoms with Gasteiger partial charge in [-0.15, -0.1) is 0 Å². The van der Waals surface area contributed by atoms with Crippen LogP contribution < -0.4 is 0 Å². The lowest BCUT2D eigenvalue weighted by molar-refractivity contribution is 0.436. The highest BCUT2D eigenvalue weighted by molar-refractivity contribution is 8.03. The number of hydrogen-bond donors (Lipinski definition) is 0. The second kappa shape index (κ2) is 4.98. The number of azo groups is 1. The first-order valence-corrected chi connectivity index (χ1v) is 7.48. The smallest absolute Gasteiger partial charge is 0.193 e. The molecule has 1 aromatic carbocycles. The molecule has 1 aliphatic heterocycles. The topological polar surface area (TPSA) is 32.9 Å². The molecule has 1 aromatic heterocycles. The van der Waals surface area contributed by atoms with Crippen LogP contribution in [0.1, 0.15) is 12.6 Å². The van der Waals surface area contributed by atoms with Gasteiger partial charge in [-0.25, -0.2) is 0 Å². The molecule has 1 atom stereocenters. The van der Waals surface area contributed by atoms with Gasteiger partial charge in [-0.05, 0) is 19.9 Å². The lowest BCUT2D eigenvalue weighted by atomic mass is 10.2. The maximum atomic E-state index is 4.53. The average molecular weight is 286 g/mol. The summed E-state index contributed by atoms with van der Waals surface area (Å²) in [5, 5.41) is 10.2. The van der Waals surface area contributed by atoms with Crippen molar-refractivity contribution in [1.82, 2.24) is 9.47 Å². The molecular weight excluding hydrogens is 268 g/mol. The summed E-state index contributed by atoms with van der Waals surface area (Å²) in [5.41, 5.74) is 3.36. The third-order valence-electron chi connectivity index (χ3n) is 3.65. The molecule has 2 heterocycles. The van der Waals surface area contributed by atoms with Crippen LogP contribution in [0.25, 0.3) is 10.9 Å². The maximum Gasteiger partial charge on any atom is 0.193 e. The molecule has 4 nitrogen and oxygen atoms in total. The van der Waals surface area contributed by atoms with Crippen molar-refractivity contribution < 1.29 is 0 Å². The second-order valence-corrected chi connectivity index (χ2v) is 6.38. The van der Waals surface area contributed by atoms with Gasteiger partial charge in [0.05, 0.1) is 5.52 Å². The van der Waals surface area contributed by atoms with Gasteiger partial charge in [-0.1, -0.05) is 30.0 Å². The SMILES string of the molecule is CC1=CN(C)C(N=Nc2c(C)n(C)c3ccccc23)S1. The number of allylic oxidation sites excluding steroid dienone is 1. The Hall–Kier alpha value is -1.75. The summed E-state index contributed by atoms with van der Waals surface area (Å²) in [6, 6.07) is 8.31. The summed E-state index contributed by atoms with van der Waals surface area (Å²) in [4.78, 5) is 3.36. The van der Waals surface area contributed by atoms with E-state index in [1.807, 2.05) is 13.1 Å². The third-order valence-corrected chi connectivity index (χ3v) is 4.76. The molecule has 20 heavy (non-hydrogen) atoms.